The van der Waals surface area contributed by atoms with Crippen LogP contribution in [0.5, 0.6) is 0 Å². The van der Waals surface area contributed by atoms with Crippen molar-refractivity contribution < 1.29 is 28.6 Å². The van der Waals surface area contributed by atoms with Crippen LogP contribution in [0.2, 0.25) is 0 Å². The van der Waals surface area contributed by atoms with Gasteiger partial charge in [0.2, 0.25) is 0 Å². The van der Waals surface area contributed by atoms with Gasteiger partial charge in [-0.1, -0.05) is 205 Å². The maximum absolute atomic E-state index is 12.7. The predicted octanol–water partition coefficient (Wildman–Crippen LogP) is 16.5. The zero-order valence-corrected chi connectivity index (χ0v) is 39.3. The maximum Gasteiger partial charge on any atom is 0.306 e. The van der Waals surface area contributed by atoms with Gasteiger partial charge < -0.3 is 14.2 Å². The lowest BCUT2D eigenvalue weighted by Gasteiger charge is -2.18. The van der Waals surface area contributed by atoms with Gasteiger partial charge in [-0.15, -0.1) is 0 Å². The van der Waals surface area contributed by atoms with Gasteiger partial charge in [-0.2, -0.15) is 0 Å². The minimum Gasteiger partial charge on any atom is -0.462 e. The molecule has 1 unspecified atom stereocenters. The third-order valence-corrected chi connectivity index (χ3v) is 11.1. The van der Waals surface area contributed by atoms with Gasteiger partial charge in [-0.25, -0.2) is 0 Å². The minimum absolute atomic E-state index is 0.0747. The summed E-state index contributed by atoms with van der Waals surface area (Å²) in [5, 5.41) is 0. The van der Waals surface area contributed by atoms with Gasteiger partial charge in [0.25, 0.3) is 0 Å². The molecule has 0 radical (unpaired) electrons. The van der Waals surface area contributed by atoms with Gasteiger partial charge in [0, 0.05) is 19.3 Å². The molecule has 6 nitrogen and oxygen atoms in total. The van der Waals surface area contributed by atoms with E-state index < -0.39 is 6.10 Å². The van der Waals surface area contributed by atoms with Crippen molar-refractivity contribution >= 4 is 17.9 Å². The molecular weight excluding hydrogens is 733 g/mol. The lowest BCUT2D eigenvalue weighted by Crippen LogP contribution is -2.30. The van der Waals surface area contributed by atoms with Crippen LogP contribution in [0, 0.1) is 0 Å². The molecule has 0 N–H and O–H groups in total. The predicted molar refractivity (Wildman–Crippen MR) is 252 cm³/mol. The summed E-state index contributed by atoms with van der Waals surface area (Å²) < 4.78 is 16.7. The standard InChI is InChI=1S/C53H96O6/c1-4-7-10-13-16-19-21-23-25-26-27-28-29-31-32-34-37-40-43-46-52(55)58-49-50(48-57-51(54)45-42-39-36-18-15-12-9-6-3)59-53(56)47-44-41-38-35-33-30-24-22-20-17-14-11-8-5-2/h16,19,22-25,50H,4-15,17-18,20-21,26-49H2,1-3H3/b19-16-,24-22-,25-23-. The molecule has 0 spiro atoms. The SMILES string of the molecule is CCCCC/C=C\C/C=C\CCCCCCCCCCCC(=O)OCC(COC(=O)CCCCCCCCCC)OC(=O)CCCCCCC/C=C\CCCCCCC. The molecule has 59 heavy (non-hydrogen) atoms. The van der Waals surface area contributed by atoms with Crippen molar-refractivity contribution in [2.24, 2.45) is 0 Å². The Balaban J connectivity index is 4.27. The fourth-order valence-electron chi connectivity index (χ4n) is 7.23. The van der Waals surface area contributed by atoms with E-state index in [0.717, 1.165) is 70.6 Å². The normalized spacial score (nSPS) is 12.3. The van der Waals surface area contributed by atoms with E-state index in [1.165, 1.54) is 154 Å². The number of esters is 3. The van der Waals surface area contributed by atoms with Crippen LogP contribution in [0.3, 0.4) is 0 Å². The van der Waals surface area contributed by atoms with Gasteiger partial charge in [-0.05, 0) is 77.0 Å². The second kappa shape index (κ2) is 48.3. The first kappa shape index (κ1) is 56.6. The monoisotopic (exact) mass is 829 g/mol. The fourth-order valence-corrected chi connectivity index (χ4v) is 7.23. The quantitative estimate of drug-likeness (QED) is 0.0263. The third-order valence-electron chi connectivity index (χ3n) is 11.1. The molecule has 0 bridgehead atoms. The van der Waals surface area contributed by atoms with E-state index >= 15 is 0 Å². The van der Waals surface area contributed by atoms with Crippen LogP contribution in [0.15, 0.2) is 36.5 Å². The Morgan fingerprint density at radius 1 is 0.339 bits per heavy atom. The third kappa shape index (κ3) is 46.5. The topological polar surface area (TPSA) is 78.9 Å². The second-order valence-corrected chi connectivity index (χ2v) is 17.1. The van der Waals surface area contributed by atoms with Crippen LogP contribution in [0.1, 0.15) is 265 Å². The zero-order chi connectivity index (χ0) is 43.0. The lowest BCUT2D eigenvalue weighted by atomic mass is 10.1. The Kier molecular flexibility index (Phi) is 46.4. The second-order valence-electron chi connectivity index (χ2n) is 17.1. The summed E-state index contributed by atoms with van der Waals surface area (Å²) in [6.45, 7) is 6.58. The summed E-state index contributed by atoms with van der Waals surface area (Å²) in [5.41, 5.74) is 0. The molecule has 0 fully saturated rings. The highest BCUT2D eigenvalue weighted by molar-refractivity contribution is 5.71. The zero-order valence-electron chi connectivity index (χ0n) is 39.3. The largest absolute Gasteiger partial charge is 0.462 e. The molecule has 0 aliphatic carbocycles. The van der Waals surface area contributed by atoms with E-state index in [9.17, 15) is 14.4 Å². The highest BCUT2D eigenvalue weighted by atomic mass is 16.6. The average Bonchev–Trinajstić information content (AvgIpc) is 3.23. The Hall–Kier alpha value is -2.37. The van der Waals surface area contributed by atoms with E-state index in [-0.39, 0.29) is 31.1 Å². The molecule has 0 aliphatic rings. The first-order valence-electron chi connectivity index (χ1n) is 25.5. The molecule has 0 aromatic heterocycles. The van der Waals surface area contributed by atoms with E-state index in [2.05, 4.69) is 57.2 Å². The van der Waals surface area contributed by atoms with Crippen LogP contribution in [-0.2, 0) is 28.6 Å². The minimum atomic E-state index is -0.773. The first-order valence-corrected chi connectivity index (χ1v) is 25.5. The number of hydrogen-bond acceptors (Lipinski definition) is 6. The molecule has 0 aromatic rings. The number of hydrogen-bond donors (Lipinski definition) is 0. The van der Waals surface area contributed by atoms with Crippen molar-refractivity contribution in [3.05, 3.63) is 36.5 Å². The van der Waals surface area contributed by atoms with E-state index in [1.54, 1.807) is 0 Å². The molecular formula is C53H96O6. The fraction of sp³-hybridized carbons (Fsp3) is 0.830. The Morgan fingerprint density at radius 2 is 0.610 bits per heavy atom. The Morgan fingerprint density at radius 3 is 0.983 bits per heavy atom. The average molecular weight is 829 g/mol. The lowest BCUT2D eigenvalue weighted by molar-refractivity contribution is -0.167. The van der Waals surface area contributed by atoms with Crippen LogP contribution in [0.25, 0.3) is 0 Å². The van der Waals surface area contributed by atoms with Gasteiger partial charge in [0.1, 0.15) is 13.2 Å². The summed E-state index contributed by atoms with van der Waals surface area (Å²) in [6, 6.07) is 0. The summed E-state index contributed by atoms with van der Waals surface area (Å²) in [4.78, 5) is 37.8. The number of rotatable bonds is 46. The van der Waals surface area contributed by atoms with Crippen molar-refractivity contribution in [3.8, 4) is 0 Å². The van der Waals surface area contributed by atoms with Crippen molar-refractivity contribution in [1.82, 2.24) is 0 Å². The number of carbonyl (C=O) groups excluding carboxylic acids is 3. The Bertz CT molecular complexity index is 1000. The number of ether oxygens (including phenoxy) is 3. The van der Waals surface area contributed by atoms with Gasteiger partial charge in [0.05, 0.1) is 0 Å². The van der Waals surface area contributed by atoms with Gasteiger partial charge in [-0.3, -0.25) is 14.4 Å². The summed E-state index contributed by atoms with van der Waals surface area (Å²) in [5.74, 6) is -0.884. The molecule has 0 heterocycles. The molecule has 0 amide bonds. The van der Waals surface area contributed by atoms with Crippen molar-refractivity contribution in [2.75, 3.05) is 13.2 Å². The van der Waals surface area contributed by atoms with E-state index in [1.807, 2.05) is 0 Å². The summed E-state index contributed by atoms with van der Waals surface area (Å²) in [7, 11) is 0. The number of allylic oxidation sites excluding steroid dienone is 6. The molecule has 6 heteroatoms. The molecule has 0 aliphatic heterocycles. The van der Waals surface area contributed by atoms with Gasteiger partial charge in [0.15, 0.2) is 6.10 Å². The molecule has 344 valence electrons. The van der Waals surface area contributed by atoms with E-state index in [0.29, 0.717) is 19.3 Å². The first-order chi connectivity index (χ1) is 29.0. The number of unbranched alkanes of at least 4 members (excludes halogenated alkanes) is 29. The highest BCUT2D eigenvalue weighted by Crippen LogP contribution is 2.15. The molecule has 0 saturated heterocycles. The van der Waals surface area contributed by atoms with Crippen LogP contribution >= 0.6 is 0 Å². The Labute approximate surface area is 365 Å². The summed E-state index contributed by atoms with van der Waals surface area (Å²) in [6.07, 6.45) is 55.6. The smallest absolute Gasteiger partial charge is 0.306 e. The number of carbonyl (C=O) groups is 3. The van der Waals surface area contributed by atoms with E-state index in [4.69, 9.17) is 14.2 Å². The van der Waals surface area contributed by atoms with Crippen molar-refractivity contribution in [3.63, 3.8) is 0 Å². The van der Waals surface area contributed by atoms with Crippen molar-refractivity contribution in [1.29, 1.82) is 0 Å². The van der Waals surface area contributed by atoms with Gasteiger partial charge >= 0.3 is 17.9 Å². The van der Waals surface area contributed by atoms with Crippen LogP contribution < -0.4 is 0 Å². The maximum atomic E-state index is 12.7. The van der Waals surface area contributed by atoms with Crippen LogP contribution in [-0.4, -0.2) is 37.2 Å². The molecule has 0 saturated carbocycles. The molecule has 0 aromatic carbocycles. The highest BCUT2D eigenvalue weighted by Gasteiger charge is 2.19. The molecule has 0 rings (SSSR count). The van der Waals surface area contributed by atoms with Crippen LogP contribution in [0.4, 0.5) is 0 Å². The summed E-state index contributed by atoms with van der Waals surface area (Å²) >= 11 is 0. The van der Waals surface area contributed by atoms with Crippen molar-refractivity contribution in [2.45, 2.75) is 271 Å². The molecule has 1 atom stereocenters.